The Balaban J connectivity index is 1.73. The summed E-state index contributed by atoms with van der Waals surface area (Å²) in [5, 5.41) is 0.692. The number of rotatable bonds is 3. The second kappa shape index (κ2) is 5.23. The Hall–Kier alpha value is -1.32. The van der Waals surface area contributed by atoms with Gasteiger partial charge in [-0.1, -0.05) is 37.6 Å². The molecule has 3 rings (SSSR count). The third kappa shape index (κ3) is 2.89. The fourth-order valence-corrected chi connectivity index (χ4v) is 2.95. The minimum Gasteiger partial charge on any atom is -0.439 e. The predicted molar refractivity (Wildman–Crippen MR) is 80.6 cm³/mol. The van der Waals surface area contributed by atoms with Gasteiger partial charge in [0.2, 0.25) is 5.89 Å². The molecule has 0 unspecified atom stereocenters. The van der Waals surface area contributed by atoms with Crippen molar-refractivity contribution >= 4 is 11.6 Å². The van der Waals surface area contributed by atoms with Crippen LogP contribution in [0.5, 0.6) is 0 Å². The number of benzene rings is 1. The Labute approximate surface area is 124 Å². The number of hydrogen-bond acceptors (Lipinski definition) is 3. The summed E-state index contributed by atoms with van der Waals surface area (Å²) in [5.41, 5.74) is 1.30. The van der Waals surface area contributed by atoms with Crippen molar-refractivity contribution in [3.63, 3.8) is 0 Å². The molecule has 4 heteroatoms. The van der Waals surface area contributed by atoms with Gasteiger partial charge in [-0.2, -0.15) is 0 Å². The monoisotopic (exact) mass is 290 g/mol. The summed E-state index contributed by atoms with van der Waals surface area (Å²) >= 11 is 6.18. The van der Waals surface area contributed by atoms with Crippen molar-refractivity contribution in [1.29, 1.82) is 0 Å². The molecule has 0 saturated carbocycles. The van der Waals surface area contributed by atoms with Gasteiger partial charge in [0, 0.05) is 12.1 Å². The zero-order valence-corrected chi connectivity index (χ0v) is 12.7. The molecular formula is C16H19ClN2O. The van der Waals surface area contributed by atoms with Crippen molar-refractivity contribution < 1.29 is 4.42 Å². The smallest absolute Gasteiger partial charge is 0.209 e. The van der Waals surface area contributed by atoms with E-state index < -0.39 is 0 Å². The average molecular weight is 291 g/mol. The molecule has 1 fully saturated rings. The van der Waals surface area contributed by atoms with Crippen molar-refractivity contribution in [1.82, 2.24) is 9.88 Å². The quantitative estimate of drug-likeness (QED) is 0.847. The van der Waals surface area contributed by atoms with Crippen LogP contribution >= 0.6 is 11.6 Å². The summed E-state index contributed by atoms with van der Waals surface area (Å²) in [6, 6.07) is 7.68. The van der Waals surface area contributed by atoms with Crippen LogP contribution in [-0.2, 0) is 6.54 Å². The van der Waals surface area contributed by atoms with E-state index in [-0.39, 0.29) is 0 Å². The zero-order valence-electron chi connectivity index (χ0n) is 11.9. The summed E-state index contributed by atoms with van der Waals surface area (Å²) in [6.07, 6.45) is 2.99. The van der Waals surface area contributed by atoms with E-state index in [1.807, 2.05) is 24.3 Å². The number of likely N-dealkylation sites (tertiary alicyclic amines) is 1. The zero-order chi connectivity index (χ0) is 14.2. The topological polar surface area (TPSA) is 29.3 Å². The highest BCUT2D eigenvalue weighted by Crippen LogP contribution is 2.31. The largest absolute Gasteiger partial charge is 0.439 e. The van der Waals surface area contributed by atoms with Crippen LogP contribution < -0.4 is 0 Å². The maximum atomic E-state index is 6.18. The summed E-state index contributed by atoms with van der Waals surface area (Å²) < 4.78 is 5.84. The standard InChI is InChI=1S/C16H19ClN2O/c1-16(2)7-8-19(11-16)10-15-18-9-14(20-15)12-5-3-4-6-13(12)17/h3-6,9H,7-8,10-11H2,1-2H3. The van der Waals surface area contributed by atoms with E-state index in [1.165, 1.54) is 6.42 Å². The molecule has 0 aliphatic carbocycles. The predicted octanol–water partition coefficient (Wildman–Crippen LogP) is 4.23. The first kappa shape index (κ1) is 13.7. The summed E-state index contributed by atoms with van der Waals surface area (Å²) in [6.45, 7) is 7.58. The fraction of sp³-hybridized carbons (Fsp3) is 0.438. The SMILES string of the molecule is CC1(C)CCN(Cc2ncc(-c3ccccc3Cl)o2)C1. The Morgan fingerprint density at radius 1 is 1.35 bits per heavy atom. The molecule has 0 spiro atoms. The first-order valence-electron chi connectivity index (χ1n) is 6.95. The van der Waals surface area contributed by atoms with Crippen LogP contribution in [0.25, 0.3) is 11.3 Å². The lowest BCUT2D eigenvalue weighted by atomic mass is 9.93. The van der Waals surface area contributed by atoms with Gasteiger partial charge in [-0.3, -0.25) is 4.90 Å². The van der Waals surface area contributed by atoms with Gasteiger partial charge in [-0.25, -0.2) is 4.98 Å². The van der Waals surface area contributed by atoms with Crippen molar-refractivity contribution in [3.8, 4) is 11.3 Å². The molecule has 20 heavy (non-hydrogen) atoms. The molecule has 0 N–H and O–H groups in total. The van der Waals surface area contributed by atoms with E-state index in [2.05, 4.69) is 23.7 Å². The van der Waals surface area contributed by atoms with Gasteiger partial charge in [0.1, 0.15) is 0 Å². The van der Waals surface area contributed by atoms with E-state index in [1.54, 1.807) is 6.20 Å². The summed E-state index contributed by atoms with van der Waals surface area (Å²) in [4.78, 5) is 6.77. The maximum Gasteiger partial charge on any atom is 0.209 e. The van der Waals surface area contributed by atoms with Crippen LogP contribution in [0.1, 0.15) is 26.2 Å². The van der Waals surface area contributed by atoms with Crippen molar-refractivity contribution in [2.24, 2.45) is 5.41 Å². The van der Waals surface area contributed by atoms with E-state index in [9.17, 15) is 0 Å². The first-order valence-corrected chi connectivity index (χ1v) is 7.33. The molecule has 2 heterocycles. The second-order valence-corrected chi connectivity index (χ2v) is 6.63. The van der Waals surface area contributed by atoms with Crippen LogP contribution in [0.2, 0.25) is 5.02 Å². The molecule has 0 atom stereocenters. The van der Waals surface area contributed by atoms with Crippen LogP contribution in [0.15, 0.2) is 34.9 Å². The molecule has 106 valence electrons. The van der Waals surface area contributed by atoms with Crippen LogP contribution in [0.4, 0.5) is 0 Å². The van der Waals surface area contributed by atoms with E-state index in [0.29, 0.717) is 10.4 Å². The van der Waals surface area contributed by atoms with Gasteiger partial charge < -0.3 is 4.42 Å². The molecule has 1 saturated heterocycles. The maximum absolute atomic E-state index is 6.18. The number of halogens is 1. The second-order valence-electron chi connectivity index (χ2n) is 6.22. The van der Waals surface area contributed by atoms with Crippen LogP contribution in [0, 0.1) is 5.41 Å². The Bertz CT molecular complexity index is 606. The van der Waals surface area contributed by atoms with E-state index >= 15 is 0 Å². The minimum atomic E-state index is 0.401. The molecule has 1 aromatic carbocycles. The molecule has 0 bridgehead atoms. The number of hydrogen-bond donors (Lipinski definition) is 0. The molecule has 0 amide bonds. The minimum absolute atomic E-state index is 0.401. The van der Waals surface area contributed by atoms with Crippen LogP contribution in [-0.4, -0.2) is 23.0 Å². The molecule has 0 radical (unpaired) electrons. The molecular weight excluding hydrogens is 272 g/mol. The van der Waals surface area contributed by atoms with E-state index in [0.717, 1.165) is 36.8 Å². The Morgan fingerprint density at radius 2 is 2.15 bits per heavy atom. The highest BCUT2D eigenvalue weighted by atomic mass is 35.5. The molecule has 2 aromatic rings. The van der Waals surface area contributed by atoms with Gasteiger partial charge in [0.05, 0.1) is 17.8 Å². The number of nitrogens with zero attached hydrogens (tertiary/aromatic N) is 2. The van der Waals surface area contributed by atoms with Crippen LogP contribution in [0.3, 0.4) is 0 Å². The molecule has 1 aliphatic rings. The normalized spacial score (nSPS) is 18.6. The lowest BCUT2D eigenvalue weighted by molar-refractivity contribution is 0.259. The summed E-state index contributed by atoms with van der Waals surface area (Å²) in [5.74, 6) is 1.50. The number of oxazole rings is 1. The third-order valence-electron chi connectivity index (χ3n) is 3.81. The van der Waals surface area contributed by atoms with Crippen molar-refractivity contribution in [2.75, 3.05) is 13.1 Å². The van der Waals surface area contributed by atoms with Gasteiger partial charge >= 0.3 is 0 Å². The number of aromatic nitrogens is 1. The third-order valence-corrected chi connectivity index (χ3v) is 4.14. The lowest BCUT2D eigenvalue weighted by Gasteiger charge is -2.18. The van der Waals surface area contributed by atoms with Crippen molar-refractivity contribution in [3.05, 3.63) is 41.4 Å². The van der Waals surface area contributed by atoms with E-state index in [4.69, 9.17) is 16.0 Å². The Kier molecular flexibility index (Phi) is 3.57. The van der Waals surface area contributed by atoms with Gasteiger partial charge in [0.15, 0.2) is 5.76 Å². The average Bonchev–Trinajstić information content (AvgIpc) is 2.97. The van der Waals surface area contributed by atoms with Crippen molar-refractivity contribution in [2.45, 2.75) is 26.8 Å². The Morgan fingerprint density at radius 3 is 2.85 bits per heavy atom. The highest BCUT2D eigenvalue weighted by molar-refractivity contribution is 6.33. The molecule has 1 aliphatic heterocycles. The van der Waals surface area contributed by atoms with Gasteiger partial charge in [0.25, 0.3) is 0 Å². The van der Waals surface area contributed by atoms with Gasteiger partial charge in [-0.15, -0.1) is 0 Å². The van der Waals surface area contributed by atoms with Gasteiger partial charge in [-0.05, 0) is 30.5 Å². The first-order chi connectivity index (χ1) is 9.53. The molecule has 3 nitrogen and oxygen atoms in total. The lowest BCUT2D eigenvalue weighted by Crippen LogP contribution is -2.22. The highest BCUT2D eigenvalue weighted by Gasteiger charge is 2.29. The fourth-order valence-electron chi connectivity index (χ4n) is 2.72. The summed E-state index contributed by atoms with van der Waals surface area (Å²) in [7, 11) is 0. The molecule has 1 aromatic heterocycles.